The molecule has 2 fully saturated rings. The number of benzene rings is 1. The van der Waals surface area contributed by atoms with Gasteiger partial charge in [-0.2, -0.15) is 14.5 Å². The molecule has 1 aromatic carbocycles. The number of hydrogen-bond acceptors (Lipinski definition) is 10. The summed E-state index contributed by atoms with van der Waals surface area (Å²) in [5.74, 6) is 0.883. The fourth-order valence-corrected chi connectivity index (χ4v) is 5.71. The van der Waals surface area contributed by atoms with Crippen molar-refractivity contribution < 1.29 is 12.8 Å². The normalized spacial score (nSPS) is 18.3. The highest BCUT2D eigenvalue weighted by atomic mass is 32.2. The lowest BCUT2D eigenvalue weighted by molar-refractivity contribution is 0.312. The zero-order valence-corrected chi connectivity index (χ0v) is 20.4. The molecule has 0 spiro atoms. The molecule has 0 bridgehead atoms. The molecule has 2 aliphatic rings. The molecule has 0 atom stereocenters. The zero-order chi connectivity index (χ0) is 24.6. The number of rotatable bonds is 5. The van der Waals surface area contributed by atoms with Gasteiger partial charge in [-0.1, -0.05) is 0 Å². The van der Waals surface area contributed by atoms with Crippen molar-refractivity contribution in [3.8, 4) is 11.4 Å². The monoisotopic (exact) mass is 502 g/mol. The summed E-state index contributed by atoms with van der Waals surface area (Å²) in [7, 11) is -1.73. The van der Waals surface area contributed by atoms with E-state index in [4.69, 9.17) is 4.98 Å². The number of nitrogens with one attached hydrogen (secondary N) is 1. The lowest BCUT2D eigenvalue weighted by Crippen LogP contribution is -2.49. The van der Waals surface area contributed by atoms with E-state index in [2.05, 4.69) is 42.5 Å². The fourth-order valence-electron chi connectivity index (χ4n) is 4.27. The van der Waals surface area contributed by atoms with Gasteiger partial charge in [0.15, 0.2) is 0 Å². The van der Waals surface area contributed by atoms with Crippen LogP contribution in [0.25, 0.3) is 11.4 Å². The molecule has 0 radical (unpaired) electrons. The Hall–Kier alpha value is -3.23. The molecule has 2 aromatic heterocycles. The van der Waals surface area contributed by atoms with Crippen molar-refractivity contribution in [1.29, 1.82) is 0 Å². The van der Waals surface area contributed by atoms with Crippen LogP contribution in [0.2, 0.25) is 0 Å². The molecule has 186 valence electrons. The Morgan fingerprint density at radius 2 is 1.66 bits per heavy atom. The molecule has 12 nitrogen and oxygen atoms in total. The molecule has 3 aromatic rings. The van der Waals surface area contributed by atoms with Crippen LogP contribution in [0, 0.1) is 12.7 Å². The summed E-state index contributed by atoms with van der Waals surface area (Å²) in [5, 5.41) is 13.2. The smallest absolute Gasteiger partial charge is 0.243 e. The predicted octanol–water partition coefficient (Wildman–Crippen LogP) is 0.367. The Balaban J connectivity index is 1.30. The minimum atomic E-state index is -3.84. The Morgan fingerprint density at radius 1 is 0.943 bits per heavy atom. The Morgan fingerprint density at radius 3 is 2.34 bits per heavy atom. The summed E-state index contributed by atoms with van der Waals surface area (Å²) in [6.07, 6.45) is 0. The van der Waals surface area contributed by atoms with Crippen LogP contribution in [0.4, 0.5) is 16.2 Å². The molecule has 0 unspecified atom stereocenters. The summed E-state index contributed by atoms with van der Waals surface area (Å²) in [4.78, 5) is 15.9. The number of piperazine rings is 2. The van der Waals surface area contributed by atoms with E-state index >= 15 is 0 Å². The van der Waals surface area contributed by atoms with Gasteiger partial charge >= 0.3 is 0 Å². The standard InChI is InChI=1S/C21H27FN10O2S/c1-15-13-19(30-7-5-29(2)6-8-30)24-21(23-15)31-9-11-32(12-10-31)35(33,34)16-3-4-18(22)17(14-16)20-25-27-28-26-20/h3-4,13-14H,5-12H2,1-2H3,(H,25,26,27,28). The largest absolute Gasteiger partial charge is 0.354 e. The molecule has 2 saturated heterocycles. The first kappa shape index (κ1) is 23.5. The summed E-state index contributed by atoms with van der Waals surface area (Å²) in [6, 6.07) is 5.60. The Bertz CT molecular complexity index is 1290. The summed E-state index contributed by atoms with van der Waals surface area (Å²) in [5.41, 5.74) is 0.849. The lowest BCUT2D eigenvalue weighted by atomic mass is 10.2. The van der Waals surface area contributed by atoms with E-state index < -0.39 is 15.8 Å². The number of sulfonamides is 1. The van der Waals surface area contributed by atoms with Gasteiger partial charge in [-0.05, 0) is 37.4 Å². The Kier molecular flexibility index (Phi) is 6.34. The van der Waals surface area contributed by atoms with Gasteiger partial charge in [0.1, 0.15) is 11.6 Å². The van der Waals surface area contributed by atoms with Crippen LogP contribution in [-0.2, 0) is 10.0 Å². The van der Waals surface area contributed by atoms with Crippen molar-refractivity contribution in [3.63, 3.8) is 0 Å². The summed E-state index contributed by atoms with van der Waals surface area (Å²) in [6.45, 7) is 7.13. The molecule has 0 amide bonds. The van der Waals surface area contributed by atoms with E-state index in [0.717, 1.165) is 43.8 Å². The van der Waals surface area contributed by atoms with Crippen LogP contribution < -0.4 is 9.80 Å². The zero-order valence-electron chi connectivity index (χ0n) is 19.6. The number of halogens is 1. The first-order valence-electron chi connectivity index (χ1n) is 11.4. The average molecular weight is 503 g/mol. The highest BCUT2D eigenvalue weighted by Crippen LogP contribution is 2.26. The van der Waals surface area contributed by atoms with Gasteiger partial charge in [0, 0.05) is 64.1 Å². The molecule has 5 rings (SSSR count). The predicted molar refractivity (Wildman–Crippen MR) is 127 cm³/mol. The highest BCUT2D eigenvalue weighted by Gasteiger charge is 2.31. The van der Waals surface area contributed by atoms with Crippen LogP contribution >= 0.6 is 0 Å². The van der Waals surface area contributed by atoms with Crippen molar-refractivity contribution in [2.75, 3.05) is 69.2 Å². The maximum atomic E-state index is 14.3. The SMILES string of the molecule is Cc1cc(N2CCN(C)CC2)nc(N2CCN(S(=O)(=O)c3ccc(F)c(-c4nn[nH]n4)c3)CC2)n1. The third kappa shape index (κ3) is 4.81. The minimum absolute atomic E-state index is 0.00267. The highest BCUT2D eigenvalue weighted by molar-refractivity contribution is 7.89. The van der Waals surface area contributed by atoms with Gasteiger partial charge in [-0.3, -0.25) is 0 Å². The maximum Gasteiger partial charge on any atom is 0.243 e. The van der Waals surface area contributed by atoms with Crippen LogP contribution in [0.5, 0.6) is 0 Å². The number of aryl methyl sites for hydroxylation is 1. The van der Waals surface area contributed by atoms with Gasteiger partial charge in [-0.25, -0.2) is 17.8 Å². The number of nitrogens with zero attached hydrogens (tertiary/aromatic N) is 9. The van der Waals surface area contributed by atoms with Crippen LogP contribution in [0.15, 0.2) is 29.2 Å². The quantitative estimate of drug-likeness (QED) is 0.523. The molecule has 0 aliphatic carbocycles. The maximum absolute atomic E-state index is 14.3. The second-order valence-electron chi connectivity index (χ2n) is 8.73. The number of H-pyrrole nitrogens is 1. The lowest BCUT2D eigenvalue weighted by Gasteiger charge is -2.36. The molecular weight excluding hydrogens is 475 g/mol. The second-order valence-corrected chi connectivity index (χ2v) is 10.7. The van der Waals surface area contributed by atoms with E-state index in [1.54, 1.807) is 0 Å². The molecule has 35 heavy (non-hydrogen) atoms. The topological polar surface area (TPSA) is 127 Å². The van der Waals surface area contributed by atoms with Gasteiger partial charge in [0.05, 0.1) is 10.5 Å². The molecule has 0 saturated carbocycles. The van der Waals surface area contributed by atoms with Gasteiger partial charge < -0.3 is 14.7 Å². The third-order valence-corrected chi connectivity index (χ3v) is 8.23. The van der Waals surface area contributed by atoms with Crippen molar-refractivity contribution in [2.24, 2.45) is 0 Å². The van der Waals surface area contributed by atoms with E-state index in [0.29, 0.717) is 19.0 Å². The van der Waals surface area contributed by atoms with Crippen molar-refractivity contribution in [3.05, 3.63) is 35.8 Å². The van der Waals surface area contributed by atoms with Crippen molar-refractivity contribution in [1.82, 2.24) is 39.8 Å². The first-order chi connectivity index (χ1) is 16.8. The van der Waals surface area contributed by atoms with Gasteiger partial charge in [0.25, 0.3) is 0 Å². The number of aromatic nitrogens is 6. The van der Waals surface area contributed by atoms with Crippen LogP contribution in [0.1, 0.15) is 5.69 Å². The van der Waals surface area contributed by atoms with E-state index in [1.807, 2.05) is 17.9 Å². The fraction of sp³-hybridized carbons (Fsp3) is 0.476. The van der Waals surface area contributed by atoms with Crippen LogP contribution in [0.3, 0.4) is 0 Å². The molecule has 4 heterocycles. The van der Waals surface area contributed by atoms with E-state index in [9.17, 15) is 12.8 Å². The number of likely N-dealkylation sites (N-methyl/N-ethyl adjacent to an activating group) is 1. The number of hydrogen-bond donors (Lipinski definition) is 1. The van der Waals surface area contributed by atoms with Gasteiger partial charge in [-0.15, -0.1) is 10.2 Å². The minimum Gasteiger partial charge on any atom is -0.354 e. The van der Waals surface area contributed by atoms with Crippen LogP contribution in [-0.4, -0.2) is 108 Å². The number of anilines is 2. The average Bonchev–Trinajstić information content (AvgIpc) is 3.39. The molecule has 2 aliphatic heterocycles. The number of aromatic amines is 1. The summed E-state index contributed by atoms with van der Waals surface area (Å²) >= 11 is 0. The summed E-state index contributed by atoms with van der Waals surface area (Å²) < 4.78 is 42.2. The Labute approximate surface area is 202 Å². The van der Waals surface area contributed by atoms with Gasteiger partial charge in [0.2, 0.25) is 21.8 Å². The first-order valence-corrected chi connectivity index (χ1v) is 12.8. The van der Waals surface area contributed by atoms with E-state index in [1.165, 1.54) is 16.4 Å². The third-order valence-electron chi connectivity index (χ3n) is 6.34. The second kappa shape index (κ2) is 9.43. The number of tetrazole rings is 1. The van der Waals surface area contributed by atoms with Crippen molar-refractivity contribution >= 4 is 21.8 Å². The molecule has 1 N–H and O–H groups in total. The molecule has 14 heteroatoms. The molecular formula is C21H27FN10O2S. The van der Waals surface area contributed by atoms with E-state index in [-0.39, 0.29) is 29.4 Å². The van der Waals surface area contributed by atoms with Crippen molar-refractivity contribution in [2.45, 2.75) is 11.8 Å².